The van der Waals surface area contributed by atoms with Gasteiger partial charge in [0.2, 0.25) is 5.91 Å². The summed E-state index contributed by atoms with van der Waals surface area (Å²) in [6.45, 7) is 4.05. The Labute approximate surface area is 137 Å². The number of carbonyl (C=O) groups is 1. The third-order valence-electron chi connectivity index (χ3n) is 5.21. The molecule has 23 heavy (non-hydrogen) atoms. The number of likely N-dealkylation sites (tertiary alicyclic amines) is 2. The fourth-order valence-electron chi connectivity index (χ4n) is 3.72. The molecule has 1 atom stereocenters. The summed E-state index contributed by atoms with van der Waals surface area (Å²) in [5.41, 5.74) is 6.79. The van der Waals surface area contributed by atoms with Crippen LogP contribution in [-0.2, 0) is 11.3 Å². The second-order valence-electron chi connectivity index (χ2n) is 6.76. The van der Waals surface area contributed by atoms with Gasteiger partial charge in [0.1, 0.15) is 5.82 Å². The third kappa shape index (κ3) is 3.90. The van der Waals surface area contributed by atoms with Crippen LogP contribution in [0, 0.1) is 11.7 Å². The Morgan fingerprint density at radius 1 is 1.13 bits per heavy atom. The average molecular weight is 319 g/mol. The van der Waals surface area contributed by atoms with Crippen LogP contribution in [-0.4, -0.2) is 47.9 Å². The van der Waals surface area contributed by atoms with E-state index < -0.39 is 0 Å². The number of amides is 1. The number of nitrogens with zero attached hydrogens (tertiary/aromatic N) is 2. The van der Waals surface area contributed by atoms with Gasteiger partial charge in [-0.25, -0.2) is 4.39 Å². The summed E-state index contributed by atoms with van der Waals surface area (Å²) in [4.78, 5) is 17.1. The largest absolute Gasteiger partial charge is 0.341 e. The highest BCUT2D eigenvalue weighted by Gasteiger charge is 2.34. The van der Waals surface area contributed by atoms with Crippen LogP contribution in [0.4, 0.5) is 4.39 Å². The van der Waals surface area contributed by atoms with E-state index in [9.17, 15) is 9.18 Å². The normalized spacial score (nSPS) is 23.4. The van der Waals surface area contributed by atoms with Crippen LogP contribution in [0.3, 0.4) is 0 Å². The lowest BCUT2D eigenvalue weighted by Gasteiger charge is -2.35. The molecule has 2 N–H and O–H groups in total. The van der Waals surface area contributed by atoms with Gasteiger partial charge in [-0.05, 0) is 62.4 Å². The third-order valence-corrected chi connectivity index (χ3v) is 5.21. The van der Waals surface area contributed by atoms with Gasteiger partial charge < -0.3 is 10.6 Å². The number of nitrogens with two attached hydrogens (primary N) is 1. The molecular formula is C18H26FN3O. The van der Waals surface area contributed by atoms with Gasteiger partial charge in [0, 0.05) is 19.6 Å². The van der Waals surface area contributed by atoms with Crippen LogP contribution in [0.5, 0.6) is 0 Å². The van der Waals surface area contributed by atoms with Gasteiger partial charge in [0.25, 0.3) is 0 Å². The van der Waals surface area contributed by atoms with Gasteiger partial charge in [0.05, 0.1) is 6.04 Å². The number of halogens is 1. The monoisotopic (exact) mass is 319 g/mol. The van der Waals surface area contributed by atoms with Crippen molar-refractivity contribution < 1.29 is 9.18 Å². The van der Waals surface area contributed by atoms with E-state index in [-0.39, 0.29) is 17.8 Å². The maximum atomic E-state index is 13.0. The van der Waals surface area contributed by atoms with E-state index in [1.165, 1.54) is 12.1 Å². The average Bonchev–Trinajstić information content (AvgIpc) is 3.04. The minimum atomic E-state index is -0.217. The summed E-state index contributed by atoms with van der Waals surface area (Å²) in [7, 11) is 0. The van der Waals surface area contributed by atoms with E-state index in [2.05, 4.69) is 4.90 Å². The molecule has 126 valence electrons. The summed E-state index contributed by atoms with van der Waals surface area (Å²) in [5.74, 6) is 0.614. The van der Waals surface area contributed by atoms with E-state index in [0.717, 1.165) is 64.0 Å². The molecule has 0 radical (unpaired) electrons. The number of piperidine rings is 1. The van der Waals surface area contributed by atoms with Crippen molar-refractivity contribution in [2.75, 3.05) is 26.2 Å². The van der Waals surface area contributed by atoms with Crippen molar-refractivity contribution in [2.24, 2.45) is 11.7 Å². The lowest BCUT2D eigenvalue weighted by atomic mass is 9.96. The second-order valence-corrected chi connectivity index (χ2v) is 6.76. The molecule has 4 nitrogen and oxygen atoms in total. The number of rotatable bonds is 4. The Bertz CT molecular complexity index is 526. The Kier molecular flexibility index (Phi) is 5.28. The predicted octanol–water partition coefficient (Wildman–Crippen LogP) is 1.99. The van der Waals surface area contributed by atoms with E-state index in [4.69, 9.17) is 5.73 Å². The van der Waals surface area contributed by atoms with E-state index >= 15 is 0 Å². The summed E-state index contributed by atoms with van der Waals surface area (Å²) >= 11 is 0. The van der Waals surface area contributed by atoms with Crippen molar-refractivity contribution in [3.05, 3.63) is 35.6 Å². The SMILES string of the molecule is NCC1CCN(C(=O)[C@@H]2CCCN2Cc2ccc(F)cc2)CC1. The lowest BCUT2D eigenvalue weighted by molar-refractivity contribution is -0.137. The van der Waals surface area contributed by atoms with Crippen molar-refractivity contribution in [2.45, 2.75) is 38.3 Å². The smallest absolute Gasteiger partial charge is 0.239 e. The van der Waals surface area contributed by atoms with Crippen molar-refractivity contribution in [1.29, 1.82) is 0 Å². The first-order chi connectivity index (χ1) is 11.2. The fourth-order valence-corrected chi connectivity index (χ4v) is 3.72. The maximum Gasteiger partial charge on any atom is 0.239 e. The summed E-state index contributed by atoms with van der Waals surface area (Å²) < 4.78 is 13.0. The van der Waals surface area contributed by atoms with Crippen LogP contribution >= 0.6 is 0 Å². The van der Waals surface area contributed by atoms with Crippen LogP contribution in [0.2, 0.25) is 0 Å². The Hall–Kier alpha value is -1.46. The number of hydrogen-bond donors (Lipinski definition) is 1. The zero-order chi connectivity index (χ0) is 16.2. The highest BCUT2D eigenvalue weighted by molar-refractivity contribution is 5.82. The molecule has 2 aliphatic heterocycles. The molecule has 2 saturated heterocycles. The van der Waals surface area contributed by atoms with Gasteiger partial charge in [-0.15, -0.1) is 0 Å². The lowest BCUT2D eigenvalue weighted by Crippen LogP contribution is -2.48. The Morgan fingerprint density at radius 2 is 1.83 bits per heavy atom. The Morgan fingerprint density at radius 3 is 2.48 bits per heavy atom. The van der Waals surface area contributed by atoms with Crippen LogP contribution < -0.4 is 5.73 Å². The van der Waals surface area contributed by atoms with Crippen LogP contribution in [0.25, 0.3) is 0 Å². The zero-order valence-corrected chi connectivity index (χ0v) is 13.6. The van der Waals surface area contributed by atoms with Crippen molar-refractivity contribution in [3.8, 4) is 0 Å². The maximum absolute atomic E-state index is 13.0. The molecule has 0 bridgehead atoms. The molecule has 3 rings (SSSR count). The molecular weight excluding hydrogens is 293 g/mol. The van der Waals surface area contributed by atoms with Crippen LogP contribution in [0.15, 0.2) is 24.3 Å². The van der Waals surface area contributed by atoms with Crippen molar-refractivity contribution in [3.63, 3.8) is 0 Å². The number of hydrogen-bond acceptors (Lipinski definition) is 3. The van der Waals surface area contributed by atoms with Gasteiger partial charge in [-0.3, -0.25) is 9.69 Å². The first-order valence-corrected chi connectivity index (χ1v) is 8.64. The van der Waals surface area contributed by atoms with Crippen molar-refractivity contribution in [1.82, 2.24) is 9.80 Å². The van der Waals surface area contributed by atoms with Gasteiger partial charge in [-0.1, -0.05) is 12.1 Å². The van der Waals surface area contributed by atoms with E-state index in [1.807, 2.05) is 17.0 Å². The molecule has 2 fully saturated rings. The van der Waals surface area contributed by atoms with Gasteiger partial charge in [-0.2, -0.15) is 0 Å². The van der Waals surface area contributed by atoms with Crippen molar-refractivity contribution >= 4 is 5.91 Å². The predicted molar refractivity (Wildman–Crippen MR) is 88.2 cm³/mol. The van der Waals surface area contributed by atoms with Crippen LogP contribution in [0.1, 0.15) is 31.2 Å². The first kappa shape index (κ1) is 16.4. The van der Waals surface area contributed by atoms with Gasteiger partial charge >= 0.3 is 0 Å². The highest BCUT2D eigenvalue weighted by atomic mass is 19.1. The molecule has 5 heteroatoms. The fraction of sp³-hybridized carbons (Fsp3) is 0.611. The molecule has 2 heterocycles. The molecule has 1 amide bonds. The first-order valence-electron chi connectivity index (χ1n) is 8.64. The van der Waals surface area contributed by atoms with Gasteiger partial charge in [0.15, 0.2) is 0 Å². The molecule has 0 saturated carbocycles. The minimum Gasteiger partial charge on any atom is -0.341 e. The van der Waals surface area contributed by atoms with E-state index in [1.54, 1.807) is 0 Å². The van der Waals surface area contributed by atoms with E-state index in [0.29, 0.717) is 5.92 Å². The molecule has 0 unspecified atom stereocenters. The summed E-state index contributed by atoms with van der Waals surface area (Å²) in [6, 6.07) is 6.57. The summed E-state index contributed by atoms with van der Waals surface area (Å²) in [5, 5.41) is 0. The number of benzene rings is 1. The number of carbonyl (C=O) groups excluding carboxylic acids is 1. The summed E-state index contributed by atoms with van der Waals surface area (Å²) in [6.07, 6.45) is 4.02. The zero-order valence-electron chi connectivity index (χ0n) is 13.6. The molecule has 1 aromatic carbocycles. The molecule has 1 aromatic rings. The molecule has 0 spiro atoms. The standard InChI is InChI=1S/C18H26FN3O/c19-16-5-3-15(4-6-16)13-22-9-1-2-17(22)18(23)21-10-7-14(12-20)8-11-21/h3-6,14,17H,1-2,7-13,20H2/t17-/m0/s1. The molecule has 0 aliphatic carbocycles. The second kappa shape index (κ2) is 7.41. The highest BCUT2D eigenvalue weighted by Crippen LogP contribution is 2.24. The topological polar surface area (TPSA) is 49.6 Å². The molecule has 0 aromatic heterocycles. The minimum absolute atomic E-state index is 0.0190. The molecule has 2 aliphatic rings. The quantitative estimate of drug-likeness (QED) is 0.923. The Balaban J connectivity index is 1.60.